The van der Waals surface area contributed by atoms with Gasteiger partial charge in [-0.25, -0.2) is 0 Å². The Bertz CT molecular complexity index is 1920. The molecule has 0 aliphatic rings. The first kappa shape index (κ1) is 26.4. The van der Waals surface area contributed by atoms with Gasteiger partial charge in [0.15, 0.2) is 11.5 Å². The Morgan fingerprint density at radius 2 is 0.927 bits per heavy atom. The van der Waals surface area contributed by atoms with E-state index in [1.165, 1.54) is 0 Å². The van der Waals surface area contributed by atoms with Gasteiger partial charge in [0, 0.05) is 11.1 Å². The second-order valence-electron chi connectivity index (χ2n) is 8.77. The molecule has 0 saturated heterocycles. The second-order valence-corrected chi connectivity index (χ2v) is 8.77. The minimum Gasteiger partial charge on any atom is -0.497 e. The van der Waals surface area contributed by atoms with Gasteiger partial charge in [0.1, 0.15) is 11.5 Å². The van der Waals surface area contributed by atoms with Crippen LogP contribution in [-0.2, 0) is 0 Å². The van der Waals surface area contributed by atoms with Crippen molar-refractivity contribution in [2.75, 3.05) is 7.11 Å². The molecule has 7 heteroatoms. The Kier molecular flexibility index (Phi) is 7.78. The van der Waals surface area contributed by atoms with E-state index in [4.69, 9.17) is 34.7 Å². The van der Waals surface area contributed by atoms with Crippen LogP contribution in [0.2, 0.25) is 0 Å². The molecule has 0 fully saturated rings. The molecule has 0 saturated carbocycles. The Labute approximate surface area is 236 Å². The summed E-state index contributed by atoms with van der Waals surface area (Å²) in [5.74, 6) is 2.17. The average molecular weight is 536 g/mol. The third-order valence-corrected chi connectivity index (χ3v) is 6.53. The maximum atomic E-state index is 9.09. The summed E-state index contributed by atoms with van der Waals surface area (Å²) in [5.41, 5.74) is 1.46. The van der Waals surface area contributed by atoms with E-state index >= 15 is 0 Å². The van der Waals surface area contributed by atoms with Crippen molar-refractivity contribution in [3.63, 3.8) is 0 Å². The van der Waals surface area contributed by atoms with Crippen LogP contribution in [0.25, 0.3) is 43.4 Å². The molecule has 0 aliphatic heterocycles. The predicted octanol–water partition coefficient (Wildman–Crippen LogP) is 8.09. The van der Waals surface area contributed by atoms with Crippen molar-refractivity contribution in [2.45, 2.75) is 0 Å². The average Bonchev–Trinajstić information content (AvgIpc) is 3.01. The van der Waals surface area contributed by atoms with Crippen molar-refractivity contribution in [2.24, 2.45) is 0 Å². The largest absolute Gasteiger partial charge is 0.497 e. The van der Waals surface area contributed by atoms with Crippen LogP contribution in [0.15, 0.2) is 109 Å². The highest BCUT2D eigenvalue weighted by Crippen LogP contribution is 2.45. The molecule has 7 nitrogen and oxygen atoms in total. The van der Waals surface area contributed by atoms with Gasteiger partial charge in [-0.1, -0.05) is 72.8 Å². The Morgan fingerprint density at radius 1 is 0.463 bits per heavy atom. The van der Waals surface area contributed by atoms with Gasteiger partial charge in [0.2, 0.25) is 0 Å². The quantitative estimate of drug-likeness (QED) is 0.205. The molecule has 6 aromatic rings. The van der Waals surface area contributed by atoms with Crippen LogP contribution in [0.1, 0.15) is 0 Å². The lowest BCUT2D eigenvalue weighted by atomic mass is 9.92. The van der Waals surface area contributed by atoms with Gasteiger partial charge in [-0.2, -0.15) is 0 Å². The Hall–Kier alpha value is -6.23. The molecule has 0 aromatic heterocycles. The predicted molar refractivity (Wildman–Crippen MR) is 156 cm³/mol. The fraction of sp³-hybridized carbons (Fsp3) is 0.0294. The highest BCUT2D eigenvalue weighted by atomic mass is 16.5. The third kappa shape index (κ3) is 5.49. The third-order valence-electron chi connectivity index (χ3n) is 6.53. The van der Waals surface area contributed by atoms with Gasteiger partial charge in [-0.3, -0.25) is 0 Å². The molecule has 6 aromatic carbocycles. The van der Waals surface area contributed by atoms with Crippen molar-refractivity contribution in [1.82, 2.24) is 0 Å². The molecule has 0 N–H and O–H groups in total. The van der Waals surface area contributed by atoms with E-state index in [1.807, 2.05) is 84.9 Å². The molecule has 196 valence electrons. The fourth-order valence-corrected chi connectivity index (χ4v) is 4.73. The fourth-order valence-electron chi connectivity index (χ4n) is 4.73. The van der Waals surface area contributed by atoms with E-state index in [9.17, 15) is 0 Å². The minimum absolute atomic E-state index is 0.422. The summed E-state index contributed by atoms with van der Waals surface area (Å²) in [4.78, 5) is 0. The summed E-state index contributed by atoms with van der Waals surface area (Å²) >= 11 is 0. The van der Waals surface area contributed by atoms with Crippen molar-refractivity contribution >= 4 is 32.3 Å². The van der Waals surface area contributed by atoms with Crippen molar-refractivity contribution in [3.05, 3.63) is 109 Å². The molecule has 0 atom stereocenters. The molecule has 0 radical (unpaired) electrons. The molecular weight excluding hydrogens is 514 g/mol. The first-order valence-electron chi connectivity index (χ1n) is 12.5. The highest BCUT2D eigenvalue weighted by molar-refractivity contribution is 6.09. The van der Waals surface area contributed by atoms with Crippen LogP contribution in [0.4, 0.5) is 0 Å². The van der Waals surface area contributed by atoms with Crippen LogP contribution >= 0.6 is 0 Å². The number of fused-ring (bicyclic) bond motifs is 3. The number of nitriles is 3. The molecule has 0 unspecified atom stereocenters. The summed E-state index contributed by atoms with van der Waals surface area (Å²) < 4.78 is 20.4. The molecule has 0 bridgehead atoms. The molecule has 6 rings (SSSR count). The summed E-state index contributed by atoms with van der Waals surface area (Å²) in [6, 6.07) is 34.2. The normalized spacial score (nSPS) is 10.0. The molecule has 0 heterocycles. The number of benzene rings is 6. The Balaban J connectivity index is 0.000000191. The number of rotatable bonds is 5. The molecule has 0 spiro atoms. The van der Waals surface area contributed by atoms with Gasteiger partial charge in [0.05, 0.1) is 7.11 Å². The number of nitrogens with zero attached hydrogens (tertiary/aromatic N) is 3. The van der Waals surface area contributed by atoms with Crippen LogP contribution in [0.3, 0.4) is 0 Å². The SMILES string of the molecule is COc1ccc2ccc(OC#N)cc2c1.N#COc1ccc2ccccc2c1-c1c(OC#N)ccc2ccccc12. The second kappa shape index (κ2) is 12.1. The Morgan fingerprint density at radius 3 is 1.44 bits per heavy atom. The number of hydrogen-bond donors (Lipinski definition) is 0. The van der Waals surface area contributed by atoms with Gasteiger partial charge >= 0.3 is 0 Å². The van der Waals surface area contributed by atoms with Crippen LogP contribution < -0.4 is 18.9 Å². The van der Waals surface area contributed by atoms with E-state index in [2.05, 4.69) is 0 Å². The van der Waals surface area contributed by atoms with E-state index in [0.29, 0.717) is 17.2 Å². The zero-order valence-corrected chi connectivity index (χ0v) is 21.9. The topological polar surface area (TPSA) is 108 Å². The van der Waals surface area contributed by atoms with Gasteiger partial charge in [-0.15, -0.1) is 15.8 Å². The highest BCUT2D eigenvalue weighted by Gasteiger charge is 2.19. The summed E-state index contributed by atoms with van der Waals surface area (Å²) in [5, 5.41) is 32.5. The molecular formula is C34H21N3O4. The lowest BCUT2D eigenvalue weighted by molar-refractivity contribution is 0.415. The zero-order chi connectivity index (χ0) is 28.6. The van der Waals surface area contributed by atoms with Crippen LogP contribution in [0, 0.1) is 34.6 Å². The smallest absolute Gasteiger partial charge is 0.292 e. The van der Waals surface area contributed by atoms with Gasteiger partial charge < -0.3 is 18.9 Å². The lowest BCUT2D eigenvalue weighted by Crippen LogP contribution is -1.94. The summed E-state index contributed by atoms with van der Waals surface area (Å²) in [6.07, 6.45) is 5.15. The summed E-state index contributed by atoms with van der Waals surface area (Å²) in [6.45, 7) is 0. The maximum absolute atomic E-state index is 9.09. The van der Waals surface area contributed by atoms with E-state index in [0.717, 1.165) is 49.2 Å². The van der Waals surface area contributed by atoms with Crippen LogP contribution in [-0.4, -0.2) is 7.11 Å². The number of hydrogen-bond acceptors (Lipinski definition) is 7. The van der Waals surface area contributed by atoms with E-state index in [-0.39, 0.29) is 0 Å². The van der Waals surface area contributed by atoms with Gasteiger partial charge in [-0.05, 0) is 68.7 Å². The number of ether oxygens (including phenoxy) is 4. The lowest BCUT2D eigenvalue weighted by Gasteiger charge is -2.15. The molecule has 41 heavy (non-hydrogen) atoms. The zero-order valence-electron chi connectivity index (χ0n) is 21.9. The minimum atomic E-state index is 0.422. The summed E-state index contributed by atoms with van der Waals surface area (Å²) in [7, 11) is 1.62. The van der Waals surface area contributed by atoms with Crippen molar-refractivity contribution < 1.29 is 18.9 Å². The van der Waals surface area contributed by atoms with Gasteiger partial charge in [0.25, 0.3) is 18.8 Å². The van der Waals surface area contributed by atoms with Crippen LogP contribution in [0.5, 0.6) is 23.0 Å². The standard InChI is InChI=1S/C22H12N2O2.C12H9NO2/c23-13-25-19-11-9-15-5-1-3-7-17(15)21(19)22-18-8-4-2-6-16(18)10-12-20(22)26-14-24;1-14-11-4-2-9-3-5-12(15-8-13)7-10(9)6-11/h1-12H;2-7H,1H3. The monoisotopic (exact) mass is 535 g/mol. The van der Waals surface area contributed by atoms with E-state index in [1.54, 1.807) is 50.1 Å². The van der Waals surface area contributed by atoms with Crippen molar-refractivity contribution in [3.8, 4) is 52.9 Å². The van der Waals surface area contributed by atoms with Crippen molar-refractivity contribution in [1.29, 1.82) is 15.8 Å². The molecule has 0 aliphatic carbocycles. The maximum Gasteiger partial charge on any atom is 0.292 e. The van der Waals surface area contributed by atoms with E-state index < -0.39 is 0 Å². The first-order chi connectivity index (χ1) is 20.2. The molecule has 0 amide bonds. The first-order valence-corrected chi connectivity index (χ1v) is 12.5. The number of methoxy groups -OCH3 is 1.